The van der Waals surface area contributed by atoms with Crippen LogP contribution >= 0.6 is 24.0 Å². The first-order valence-electron chi connectivity index (χ1n) is 10.8. The van der Waals surface area contributed by atoms with E-state index in [2.05, 4.69) is 15.6 Å². The highest BCUT2D eigenvalue weighted by molar-refractivity contribution is 14.0. The number of likely N-dealkylation sites (tertiary alicyclic amines) is 1. The second kappa shape index (κ2) is 12.2. The van der Waals surface area contributed by atoms with Crippen LogP contribution in [0.3, 0.4) is 0 Å². The molecule has 0 bridgehead atoms. The molecule has 1 amide bonds. The maximum atomic E-state index is 12.6. The highest BCUT2D eigenvalue weighted by atomic mass is 127. The Hall–Kier alpha value is -1.71. The lowest BCUT2D eigenvalue weighted by molar-refractivity contribution is -0.134. The number of phenolic OH excluding ortho intramolecular Hbond substituents is 1. The fourth-order valence-corrected chi connectivity index (χ4v) is 4.19. The second-order valence-electron chi connectivity index (χ2n) is 7.90. The molecular formula is C22H35IN4O3. The molecule has 1 unspecified atom stereocenters. The first kappa shape index (κ1) is 24.6. The largest absolute Gasteiger partial charge is 0.508 e. The van der Waals surface area contributed by atoms with Gasteiger partial charge in [-0.05, 0) is 44.2 Å². The SMILES string of the molecule is CCNC(=NCCc1ccc(OC)cc1O)NC1CCN(C(=O)C2CCCC2)C1.I. The third kappa shape index (κ3) is 6.65. The summed E-state index contributed by atoms with van der Waals surface area (Å²) in [4.78, 5) is 19.3. The van der Waals surface area contributed by atoms with Crippen LogP contribution in [0.2, 0.25) is 0 Å². The Morgan fingerprint density at radius 3 is 2.73 bits per heavy atom. The normalized spacial score (nSPS) is 19.5. The lowest BCUT2D eigenvalue weighted by atomic mass is 10.1. The molecule has 1 atom stereocenters. The summed E-state index contributed by atoms with van der Waals surface area (Å²) in [5, 5.41) is 16.8. The van der Waals surface area contributed by atoms with Crippen LogP contribution < -0.4 is 15.4 Å². The van der Waals surface area contributed by atoms with Crippen molar-refractivity contribution in [3.05, 3.63) is 23.8 Å². The van der Waals surface area contributed by atoms with Crippen molar-refractivity contribution in [2.45, 2.75) is 51.5 Å². The molecule has 8 heteroatoms. The number of carbonyl (C=O) groups excluding carboxylic acids is 1. The Kier molecular flexibility index (Phi) is 10.0. The molecule has 2 fully saturated rings. The number of carbonyl (C=O) groups is 1. The Bertz CT molecular complexity index is 722. The average Bonchev–Trinajstić information content (AvgIpc) is 3.41. The number of methoxy groups -OCH3 is 1. The summed E-state index contributed by atoms with van der Waals surface area (Å²) in [7, 11) is 1.58. The van der Waals surface area contributed by atoms with Crippen molar-refractivity contribution in [3.8, 4) is 11.5 Å². The molecule has 0 spiro atoms. The van der Waals surface area contributed by atoms with Gasteiger partial charge in [0.2, 0.25) is 5.91 Å². The smallest absolute Gasteiger partial charge is 0.225 e. The summed E-state index contributed by atoms with van der Waals surface area (Å²) in [6, 6.07) is 5.56. The number of nitrogens with one attached hydrogen (secondary N) is 2. The van der Waals surface area contributed by atoms with E-state index in [0.29, 0.717) is 24.6 Å². The van der Waals surface area contributed by atoms with E-state index in [1.54, 1.807) is 13.2 Å². The van der Waals surface area contributed by atoms with Crippen molar-refractivity contribution in [3.63, 3.8) is 0 Å². The number of benzene rings is 1. The number of aliphatic imine (C=N–C) groups is 1. The van der Waals surface area contributed by atoms with Crippen molar-refractivity contribution in [1.82, 2.24) is 15.5 Å². The molecule has 1 aliphatic heterocycles. The molecule has 1 saturated carbocycles. The van der Waals surface area contributed by atoms with Gasteiger partial charge in [0, 0.05) is 44.2 Å². The molecule has 1 aliphatic carbocycles. The quantitative estimate of drug-likeness (QED) is 0.287. The van der Waals surface area contributed by atoms with Crippen molar-refractivity contribution in [2.24, 2.45) is 10.9 Å². The predicted octanol–water partition coefficient (Wildman–Crippen LogP) is 2.91. The summed E-state index contributed by atoms with van der Waals surface area (Å²) in [6.45, 7) is 4.95. The lowest BCUT2D eigenvalue weighted by Crippen LogP contribution is -2.45. The number of amides is 1. The van der Waals surface area contributed by atoms with Crippen LogP contribution in [0, 0.1) is 5.92 Å². The molecule has 1 aromatic carbocycles. The van der Waals surface area contributed by atoms with Crippen molar-refractivity contribution in [1.29, 1.82) is 0 Å². The first-order valence-corrected chi connectivity index (χ1v) is 10.8. The average molecular weight is 530 g/mol. The molecule has 168 valence electrons. The van der Waals surface area contributed by atoms with Gasteiger partial charge in [-0.2, -0.15) is 0 Å². The number of rotatable bonds is 7. The zero-order valence-electron chi connectivity index (χ0n) is 18.0. The van der Waals surface area contributed by atoms with Gasteiger partial charge in [0.05, 0.1) is 7.11 Å². The van der Waals surface area contributed by atoms with Gasteiger partial charge in [-0.25, -0.2) is 0 Å². The summed E-state index contributed by atoms with van der Waals surface area (Å²) in [5.41, 5.74) is 0.847. The minimum Gasteiger partial charge on any atom is -0.508 e. The van der Waals surface area contributed by atoms with Gasteiger partial charge in [-0.3, -0.25) is 9.79 Å². The van der Waals surface area contributed by atoms with Crippen LogP contribution in [-0.2, 0) is 11.2 Å². The highest BCUT2D eigenvalue weighted by Crippen LogP contribution is 2.28. The van der Waals surface area contributed by atoms with Gasteiger partial charge in [-0.1, -0.05) is 18.9 Å². The number of guanidine groups is 1. The van der Waals surface area contributed by atoms with Crippen LogP contribution in [-0.4, -0.2) is 61.2 Å². The number of ether oxygens (including phenoxy) is 1. The zero-order chi connectivity index (χ0) is 20.6. The van der Waals surface area contributed by atoms with Gasteiger partial charge < -0.3 is 25.4 Å². The van der Waals surface area contributed by atoms with Crippen molar-refractivity contribution >= 4 is 35.8 Å². The molecule has 0 radical (unpaired) electrons. The molecule has 1 saturated heterocycles. The topological polar surface area (TPSA) is 86.2 Å². The van der Waals surface area contributed by atoms with E-state index >= 15 is 0 Å². The van der Waals surface area contributed by atoms with Gasteiger partial charge in [0.25, 0.3) is 0 Å². The van der Waals surface area contributed by atoms with E-state index in [-0.39, 0.29) is 41.7 Å². The Morgan fingerprint density at radius 1 is 1.30 bits per heavy atom. The summed E-state index contributed by atoms with van der Waals surface area (Å²) >= 11 is 0. The molecule has 2 aliphatic rings. The fraction of sp³-hybridized carbons (Fsp3) is 0.636. The third-order valence-corrected chi connectivity index (χ3v) is 5.83. The molecule has 30 heavy (non-hydrogen) atoms. The van der Waals surface area contributed by atoms with Crippen LogP contribution in [0.1, 0.15) is 44.6 Å². The fourth-order valence-electron chi connectivity index (χ4n) is 4.19. The number of halogens is 1. The standard InChI is InChI=1S/C22H34N4O3.HI/c1-3-23-22(24-12-10-16-8-9-19(29-2)14-20(16)27)25-18-11-13-26(15-18)21(28)17-6-4-5-7-17;/h8-9,14,17-18,27H,3-7,10-13,15H2,1-2H3,(H2,23,24,25);1H. The van der Waals surface area contributed by atoms with Gasteiger partial charge in [0.1, 0.15) is 11.5 Å². The van der Waals surface area contributed by atoms with E-state index in [0.717, 1.165) is 50.4 Å². The number of hydrogen-bond donors (Lipinski definition) is 3. The Balaban J connectivity index is 0.00000320. The summed E-state index contributed by atoms with van der Waals surface area (Å²) in [6.07, 6.45) is 6.07. The predicted molar refractivity (Wildman–Crippen MR) is 130 cm³/mol. The Labute approximate surface area is 196 Å². The van der Waals surface area contributed by atoms with Gasteiger partial charge in [0.15, 0.2) is 5.96 Å². The van der Waals surface area contributed by atoms with Gasteiger partial charge >= 0.3 is 0 Å². The first-order chi connectivity index (χ1) is 14.1. The van der Waals surface area contributed by atoms with E-state index in [9.17, 15) is 9.90 Å². The Morgan fingerprint density at radius 2 is 2.07 bits per heavy atom. The monoisotopic (exact) mass is 530 g/mol. The maximum Gasteiger partial charge on any atom is 0.225 e. The van der Waals surface area contributed by atoms with Gasteiger partial charge in [-0.15, -0.1) is 24.0 Å². The van der Waals surface area contributed by atoms with Crippen LogP contribution in [0.4, 0.5) is 0 Å². The maximum absolute atomic E-state index is 12.6. The summed E-state index contributed by atoms with van der Waals surface area (Å²) in [5.74, 6) is 2.22. The summed E-state index contributed by atoms with van der Waals surface area (Å²) < 4.78 is 5.12. The molecule has 0 aromatic heterocycles. The minimum absolute atomic E-state index is 0. The molecule has 7 nitrogen and oxygen atoms in total. The minimum atomic E-state index is 0. The number of phenols is 1. The van der Waals surface area contributed by atoms with Crippen LogP contribution in [0.5, 0.6) is 11.5 Å². The molecule has 3 N–H and O–H groups in total. The second-order valence-corrected chi connectivity index (χ2v) is 7.90. The molecule has 1 aromatic rings. The zero-order valence-corrected chi connectivity index (χ0v) is 20.4. The third-order valence-electron chi connectivity index (χ3n) is 5.83. The number of hydrogen-bond acceptors (Lipinski definition) is 4. The van der Waals surface area contributed by atoms with Crippen molar-refractivity contribution < 1.29 is 14.6 Å². The van der Waals surface area contributed by atoms with Crippen LogP contribution in [0.25, 0.3) is 0 Å². The highest BCUT2D eigenvalue weighted by Gasteiger charge is 2.32. The van der Waals surface area contributed by atoms with Crippen molar-refractivity contribution in [2.75, 3.05) is 33.3 Å². The van der Waals surface area contributed by atoms with E-state index in [1.807, 2.05) is 24.0 Å². The molecule has 3 rings (SSSR count). The van der Waals surface area contributed by atoms with Crippen LogP contribution in [0.15, 0.2) is 23.2 Å². The van der Waals surface area contributed by atoms with E-state index in [4.69, 9.17) is 4.74 Å². The molecular weight excluding hydrogens is 495 g/mol. The lowest BCUT2D eigenvalue weighted by Gasteiger charge is -2.21. The molecule has 1 heterocycles. The number of aromatic hydroxyl groups is 1. The van der Waals surface area contributed by atoms with E-state index < -0.39 is 0 Å². The number of nitrogens with zero attached hydrogens (tertiary/aromatic N) is 2. The van der Waals surface area contributed by atoms with E-state index in [1.165, 1.54) is 12.8 Å².